The number of hydrogen-bond acceptors (Lipinski definition) is 2. The molecule has 0 fully saturated rings. The highest BCUT2D eigenvalue weighted by Gasteiger charge is 2.18. The van der Waals surface area contributed by atoms with Crippen LogP contribution in [0.1, 0.15) is 50.7 Å². The number of unbranched alkanes of at least 4 members (excludes halogenated alkanes) is 1. The summed E-state index contributed by atoms with van der Waals surface area (Å²) in [6.07, 6.45) is 3.13. The van der Waals surface area contributed by atoms with E-state index in [4.69, 9.17) is 0 Å². The molecular formula is C13H21BO2. The summed E-state index contributed by atoms with van der Waals surface area (Å²) in [7, 11) is -1.36. The second-order valence-corrected chi connectivity index (χ2v) is 4.55. The molecule has 0 aliphatic heterocycles. The molecule has 0 saturated heterocycles. The van der Waals surface area contributed by atoms with E-state index in [0.717, 1.165) is 24.8 Å². The van der Waals surface area contributed by atoms with Gasteiger partial charge in [-0.25, -0.2) is 0 Å². The molecule has 88 valence electrons. The summed E-state index contributed by atoms with van der Waals surface area (Å²) in [5.74, 6) is 0.422. The second-order valence-electron chi connectivity index (χ2n) is 4.55. The molecule has 0 saturated carbocycles. The van der Waals surface area contributed by atoms with E-state index in [2.05, 4.69) is 26.8 Å². The third-order valence-electron chi connectivity index (χ3n) is 2.93. The zero-order valence-electron chi connectivity index (χ0n) is 10.4. The molecule has 0 aliphatic carbocycles. The largest absolute Gasteiger partial charge is 0.488 e. The first-order valence-corrected chi connectivity index (χ1v) is 6.05. The maximum atomic E-state index is 9.37. The summed E-state index contributed by atoms with van der Waals surface area (Å²) in [4.78, 5) is 0. The van der Waals surface area contributed by atoms with Gasteiger partial charge in [0.15, 0.2) is 0 Å². The van der Waals surface area contributed by atoms with Gasteiger partial charge in [-0.2, -0.15) is 0 Å². The lowest BCUT2D eigenvalue weighted by atomic mass is 9.73. The first-order chi connectivity index (χ1) is 7.57. The first kappa shape index (κ1) is 13.3. The van der Waals surface area contributed by atoms with E-state index in [0.29, 0.717) is 11.4 Å². The van der Waals surface area contributed by atoms with Crippen molar-refractivity contribution in [2.24, 2.45) is 0 Å². The Morgan fingerprint density at radius 1 is 1.25 bits per heavy atom. The molecule has 0 bridgehead atoms. The minimum Gasteiger partial charge on any atom is -0.423 e. The molecule has 0 radical (unpaired) electrons. The maximum Gasteiger partial charge on any atom is 0.488 e. The van der Waals surface area contributed by atoms with Crippen LogP contribution in [0, 0.1) is 0 Å². The summed E-state index contributed by atoms with van der Waals surface area (Å²) < 4.78 is 0. The number of hydrogen-bond donors (Lipinski definition) is 2. The van der Waals surface area contributed by atoms with Crippen LogP contribution in [-0.4, -0.2) is 17.2 Å². The number of rotatable bonds is 5. The summed E-state index contributed by atoms with van der Waals surface area (Å²) >= 11 is 0. The molecule has 0 spiro atoms. The lowest BCUT2D eigenvalue weighted by Gasteiger charge is -2.16. The molecule has 1 rings (SSSR count). The molecule has 0 aromatic heterocycles. The van der Waals surface area contributed by atoms with E-state index in [1.165, 1.54) is 5.56 Å². The summed E-state index contributed by atoms with van der Waals surface area (Å²) in [6.45, 7) is 6.42. The molecule has 16 heavy (non-hydrogen) atoms. The smallest absolute Gasteiger partial charge is 0.423 e. The number of benzene rings is 1. The maximum absolute atomic E-state index is 9.37. The SMILES string of the molecule is CCCCc1c(B(O)O)cccc1C(C)C. The van der Waals surface area contributed by atoms with Crippen LogP contribution in [-0.2, 0) is 6.42 Å². The Kier molecular flexibility index (Phi) is 5.03. The van der Waals surface area contributed by atoms with Crippen molar-refractivity contribution < 1.29 is 10.0 Å². The van der Waals surface area contributed by atoms with E-state index in [-0.39, 0.29) is 0 Å². The third-order valence-corrected chi connectivity index (χ3v) is 2.93. The van der Waals surface area contributed by atoms with Gasteiger partial charge < -0.3 is 10.0 Å². The van der Waals surface area contributed by atoms with Gasteiger partial charge in [0.05, 0.1) is 0 Å². The quantitative estimate of drug-likeness (QED) is 0.743. The molecule has 1 aromatic rings. The van der Waals surface area contributed by atoms with Crippen LogP contribution in [0.15, 0.2) is 18.2 Å². The van der Waals surface area contributed by atoms with Crippen LogP contribution in [0.2, 0.25) is 0 Å². The van der Waals surface area contributed by atoms with Crippen molar-refractivity contribution in [3.05, 3.63) is 29.3 Å². The Morgan fingerprint density at radius 2 is 1.94 bits per heavy atom. The van der Waals surface area contributed by atoms with Gasteiger partial charge in [0.2, 0.25) is 0 Å². The van der Waals surface area contributed by atoms with E-state index >= 15 is 0 Å². The fourth-order valence-electron chi connectivity index (χ4n) is 2.05. The van der Waals surface area contributed by atoms with Crippen LogP contribution in [0.3, 0.4) is 0 Å². The normalized spacial score (nSPS) is 10.9. The lowest BCUT2D eigenvalue weighted by Crippen LogP contribution is -2.34. The Bertz CT molecular complexity index is 308. The lowest BCUT2D eigenvalue weighted by molar-refractivity contribution is 0.425. The van der Waals surface area contributed by atoms with Crippen LogP contribution in [0.4, 0.5) is 0 Å². The van der Waals surface area contributed by atoms with Crippen LogP contribution in [0.25, 0.3) is 0 Å². The highest BCUT2D eigenvalue weighted by molar-refractivity contribution is 6.59. The molecular weight excluding hydrogens is 199 g/mol. The van der Waals surface area contributed by atoms with E-state index in [1.54, 1.807) is 0 Å². The molecule has 0 heterocycles. The Labute approximate surface area is 98.5 Å². The average molecular weight is 220 g/mol. The molecule has 2 nitrogen and oxygen atoms in total. The Balaban J connectivity index is 3.12. The zero-order valence-corrected chi connectivity index (χ0v) is 10.4. The molecule has 3 heteroatoms. The van der Waals surface area contributed by atoms with Crippen molar-refractivity contribution in [2.75, 3.05) is 0 Å². The second kappa shape index (κ2) is 6.07. The van der Waals surface area contributed by atoms with Crippen LogP contribution in [0.5, 0.6) is 0 Å². The Hall–Kier alpha value is -0.795. The van der Waals surface area contributed by atoms with Crippen molar-refractivity contribution in [3.63, 3.8) is 0 Å². The molecule has 1 aromatic carbocycles. The predicted molar refractivity (Wildman–Crippen MR) is 69.0 cm³/mol. The van der Waals surface area contributed by atoms with Crippen LogP contribution < -0.4 is 5.46 Å². The van der Waals surface area contributed by atoms with Crippen molar-refractivity contribution in [1.82, 2.24) is 0 Å². The van der Waals surface area contributed by atoms with Gasteiger partial charge in [0, 0.05) is 0 Å². The molecule has 0 unspecified atom stereocenters. The minimum atomic E-state index is -1.36. The topological polar surface area (TPSA) is 40.5 Å². The molecule has 2 N–H and O–H groups in total. The third kappa shape index (κ3) is 3.10. The predicted octanol–water partition coefficient (Wildman–Crippen LogP) is 1.83. The van der Waals surface area contributed by atoms with Gasteiger partial charge >= 0.3 is 7.12 Å². The van der Waals surface area contributed by atoms with Gasteiger partial charge in [-0.15, -0.1) is 0 Å². The summed E-state index contributed by atoms with van der Waals surface area (Å²) in [6, 6.07) is 5.79. The Morgan fingerprint density at radius 3 is 2.44 bits per heavy atom. The minimum absolute atomic E-state index is 0.422. The zero-order chi connectivity index (χ0) is 12.1. The van der Waals surface area contributed by atoms with E-state index < -0.39 is 7.12 Å². The fourth-order valence-corrected chi connectivity index (χ4v) is 2.05. The van der Waals surface area contributed by atoms with Gasteiger partial charge in [-0.05, 0) is 35.3 Å². The fraction of sp³-hybridized carbons (Fsp3) is 0.538. The van der Waals surface area contributed by atoms with Gasteiger partial charge in [-0.1, -0.05) is 45.4 Å². The van der Waals surface area contributed by atoms with Crippen molar-refractivity contribution in [2.45, 2.75) is 46.0 Å². The van der Waals surface area contributed by atoms with Gasteiger partial charge in [0.25, 0.3) is 0 Å². The summed E-state index contributed by atoms with van der Waals surface area (Å²) in [5.41, 5.74) is 3.02. The van der Waals surface area contributed by atoms with Gasteiger partial charge in [-0.3, -0.25) is 0 Å². The highest BCUT2D eigenvalue weighted by Crippen LogP contribution is 2.19. The van der Waals surface area contributed by atoms with Crippen LogP contribution >= 0.6 is 0 Å². The monoisotopic (exact) mass is 220 g/mol. The van der Waals surface area contributed by atoms with E-state index in [1.807, 2.05) is 12.1 Å². The van der Waals surface area contributed by atoms with Crippen molar-refractivity contribution >= 4 is 12.6 Å². The average Bonchev–Trinajstić information content (AvgIpc) is 2.25. The van der Waals surface area contributed by atoms with Crippen molar-refractivity contribution in [1.29, 1.82) is 0 Å². The molecule has 0 amide bonds. The summed E-state index contributed by atoms with van der Waals surface area (Å²) in [5, 5.41) is 18.7. The molecule has 0 atom stereocenters. The van der Waals surface area contributed by atoms with Gasteiger partial charge in [0.1, 0.15) is 0 Å². The first-order valence-electron chi connectivity index (χ1n) is 6.05. The standard InChI is InChI=1S/C13H21BO2/c1-4-5-7-12-11(10(2)3)8-6-9-13(12)14(15)16/h6,8-10,15-16H,4-5,7H2,1-3H3. The molecule has 0 aliphatic rings. The van der Waals surface area contributed by atoms with Crippen molar-refractivity contribution in [3.8, 4) is 0 Å². The van der Waals surface area contributed by atoms with E-state index in [9.17, 15) is 10.0 Å². The highest BCUT2D eigenvalue weighted by atomic mass is 16.4.